The van der Waals surface area contributed by atoms with Gasteiger partial charge in [0, 0.05) is 30.7 Å². The van der Waals surface area contributed by atoms with Crippen molar-refractivity contribution >= 4 is 28.9 Å². The number of hydrogen-bond acceptors (Lipinski definition) is 5. The van der Waals surface area contributed by atoms with Gasteiger partial charge in [-0.05, 0) is 35.2 Å². The number of anilines is 1. The molecule has 0 fully saturated rings. The smallest absolute Gasteiger partial charge is 0.304 e. The number of benzene rings is 3. The number of rotatable bonds is 10. The fraction of sp³-hybridized carbons (Fsp3) is 0.207. The summed E-state index contributed by atoms with van der Waals surface area (Å²) in [4.78, 5) is 31.0. The molecule has 1 atom stereocenters. The fourth-order valence-corrected chi connectivity index (χ4v) is 4.82. The molecule has 4 rings (SSSR count). The average Bonchev–Trinajstić information content (AvgIpc) is 3.36. The highest BCUT2D eigenvalue weighted by Gasteiger charge is 2.22. The van der Waals surface area contributed by atoms with Gasteiger partial charge < -0.3 is 15.3 Å². The van der Waals surface area contributed by atoms with Gasteiger partial charge in [-0.1, -0.05) is 66.7 Å². The predicted molar refractivity (Wildman–Crippen MR) is 145 cm³/mol. The van der Waals surface area contributed by atoms with Gasteiger partial charge in [-0.15, -0.1) is 11.3 Å². The van der Waals surface area contributed by atoms with Crippen molar-refractivity contribution in [3.63, 3.8) is 0 Å². The SMILES string of the molecule is CN(C)c1ccc(-c2ccccc2-c2csc(CNC(=O)[C@@H](CC(=O)O)Cc3ccccc3)n2)cc1. The third kappa shape index (κ3) is 6.37. The number of carboxylic acid groups (broad SMARTS) is 1. The maximum Gasteiger partial charge on any atom is 0.304 e. The minimum absolute atomic E-state index is 0.218. The number of amides is 1. The molecule has 0 aliphatic carbocycles. The molecule has 0 bridgehead atoms. The summed E-state index contributed by atoms with van der Waals surface area (Å²) >= 11 is 1.48. The molecule has 0 saturated carbocycles. The molecule has 3 aromatic carbocycles. The van der Waals surface area contributed by atoms with Crippen LogP contribution in [-0.4, -0.2) is 36.1 Å². The number of carbonyl (C=O) groups is 2. The quantitative estimate of drug-likeness (QED) is 0.301. The van der Waals surface area contributed by atoms with E-state index in [0.717, 1.165) is 38.6 Å². The van der Waals surface area contributed by atoms with Crippen LogP contribution in [0, 0.1) is 5.92 Å². The minimum atomic E-state index is -0.988. The first-order valence-corrected chi connectivity index (χ1v) is 12.6. The van der Waals surface area contributed by atoms with E-state index >= 15 is 0 Å². The Morgan fingerprint density at radius 1 is 0.944 bits per heavy atom. The van der Waals surface area contributed by atoms with Crippen LogP contribution in [-0.2, 0) is 22.6 Å². The predicted octanol–water partition coefficient (Wildman–Crippen LogP) is 5.49. The third-order valence-electron chi connectivity index (χ3n) is 5.98. The molecule has 1 heterocycles. The Bertz CT molecular complexity index is 1320. The van der Waals surface area contributed by atoms with Gasteiger partial charge in [-0.2, -0.15) is 0 Å². The highest BCUT2D eigenvalue weighted by atomic mass is 32.1. The van der Waals surface area contributed by atoms with Crippen LogP contribution < -0.4 is 10.2 Å². The number of nitrogens with one attached hydrogen (secondary N) is 1. The van der Waals surface area contributed by atoms with Crippen molar-refractivity contribution in [2.24, 2.45) is 5.92 Å². The minimum Gasteiger partial charge on any atom is -0.481 e. The Hall–Kier alpha value is -3.97. The summed E-state index contributed by atoms with van der Waals surface area (Å²) in [6, 6.07) is 26.0. The van der Waals surface area contributed by atoms with E-state index in [1.54, 1.807) is 0 Å². The molecular formula is C29H29N3O3S. The first-order valence-electron chi connectivity index (χ1n) is 11.8. The lowest BCUT2D eigenvalue weighted by molar-refractivity contribution is -0.141. The maximum atomic E-state index is 12.8. The Morgan fingerprint density at radius 3 is 2.28 bits per heavy atom. The lowest BCUT2D eigenvalue weighted by Gasteiger charge is -2.15. The summed E-state index contributed by atoms with van der Waals surface area (Å²) in [6.45, 7) is 0.258. The molecule has 2 N–H and O–H groups in total. The summed E-state index contributed by atoms with van der Waals surface area (Å²) in [7, 11) is 4.04. The van der Waals surface area contributed by atoms with Crippen molar-refractivity contribution < 1.29 is 14.7 Å². The highest BCUT2D eigenvalue weighted by molar-refractivity contribution is 7.09. The molecule has 0 aliphatic rings. The molecule has 0 unspecified atom stereocenters. The molecule has 0 saturated heterocycles. The molecular weight excluding hydrogens is 470 g/mol. The lowest BCUT2D eigenvalue weighted by atomic mass is 9.95. The van der Waals surface area contributed by atoms with Gasteiger partial charge in [-0.25, -0.2) is 4.98 Å². The van der Waals surface area contributed by atoms with Crippen LogP contribution in [0.4, 0.5) is 5.69 Å². The second-order valence-corrected chi connectivity index (χ2v) is 9.76. The number of nitrogens with zero attached hydrogens (tertiary/aromatic N) is 2. The van der Waals surface area contributed by atoms with Crippen molar-refractivity contribution in [1.82, 2.24) is 10.3 Å². The highest BCUT2D eigenvalue weighted by Crippen LogP contribution is 2.33. The number of carbonyl (C=O) groups excluding carboxylic acids is 1. The van der Waals surface area contributed by atoms with Gasteiger partial charge in [0.05, 0.1) is 24.6 Å². The molecule has 6 nitrogen and oxygen atoms in total. The second kappa shape index (κ2) is 11.6. The number of carboxylic acids is 1. The molecule has 36 heavy (non-hydrogen) atoms. The van der Waals surface area contributed by atoms with E-state index in [0.29, 0.717) is 6.42 Å². The molecule has 4 aromatic rings. The summed E-state index contributed by atoms with van der Waals surface area (Å²) in [6.07, 6.45) is 0.159. The van der Waals surface area contributed by atoms with Crippen molar-refractivity contribution in [2.45, 2.75) is 19.4 Å². The molecule has 0 spiro atoms. The zero-order chi connectivity index (χ0) is 25.5. The van der Waals surface area contributed by atoms with E-state index < -0.39 is 11.9 Å². The largest absolute Gasteiger partial charge is 0.481 e. The Balaban J connectivity index is 1.47. The van der Waals surface area contributed by atoms with Crippen LogP contribution in [0.2, 0.25) is 0 Å². The van der Waals surface area contributed by atoms with Gasteiger partial charge in [0.15, 0.2) is 0 Å². The third-order valence-corrected chi connectivity index (χ3v) is 6.83. The van der Waals surface area contributed by atoms with E-state index in [2.05, 4.69) is 46.6 Å². The number of thiazole rings is 1. The summed E-state index contributed by atoms with van der Waals surface area (Å²) in [5, 5.41) is 15.0. The molecule has 184 valence electrons. The standard InChI is InChI=1S/C29H29N3O3S/c1-32(2)23-14-12-21(13-15-23)24-10-6-7-11-25(24)26-19-36-27(31-26)18-30-29(35)22(17-28(33)34)16-20-8-4-3-5-9-20/h3-15,19,22H,16-18H2,1-2H3,(H,30,35)(H,33,34)/t22-/m1/s1. The molecule has 1 amide bonds. The van der Waals surface area contributed by atoms with E-state index in [-0.39, 0.29) is 18.9 Å². The zero-order valence-electron chi connectivity index (χ0n) is 20.3. The van der Waals surface area contributed by atoms with Gasteiger partial charge >= 0.3 is 5.97 Å². The van der Waals surface area contributed by atoms with E-state index in [1.165, 1.54) is 11.3 Å². The Morgan fingerprint density at radius 2 is 1.61 bits per heavy atom. The average molecular weight is 500 g/mol. The molecule has 1 aromatic heterocycles. The van der Waals surface area contributed by atoms with Crippen molar-refractivity contribution in [3.05, 3.63) is 94.8 Å². The van der Waals surface area contributed by atoms with Gasteiger partial charge in [0.25, 0.3) is 0 Å². The van der Waals surface area contributed by atoms with Crippen LogP contribution in [0.25, 0.3) is 22.4 Å². The van der Waals surface area contributed by atoms with E-state index in [1.807, 2.05) is 61.9 Å². The second-order valence-electron chi connectivity index (χ2n) is 8.82. The first-order chi connectivity index (χ1) is 17.4. The van der Waals surface area contributed by atoms with E-state index in [9.17, 15) is 14.7 Å². The normalized spacial score (nSPS) is 11.6. The Kier molecular flexibility index (Phi) is 8.13. The molecule has 0 aliphatic heterocycles. The Labute approximate surface area is 215 Å². The van der Waals surface area contributed by atoms with Crippen LogP contribution in [0.15, 0.2) is 84.2 Å². The zero-order valence-corrected chi connectivity index (χ0v) is 21.2. The molecule has 0 radical (unpaired) electrons. The van der Waals surface area contributed by atoms with Crippen molar-refractivity contribution in [1.29, 1.82) is 0 Å². The topological polar surface area (TPSA) is 82.5 Å². The van der Waals surface area contributed by atoms with Gasteiger partial charge in [-0.3, -0.25) is 9.59 Å². The van der Waals surface area contributed by atoms with Crippen LogP contribution >= 0.6 is 11.3 Å². The fourth-order valence-electron chi connectivity index (χ4n) is 4.09. The summed E-state index contributed by atoms with van der Waals surface area (Å²) < 4.78 is 0. The summed E-state index contributed by atoms with van der Waals surface area (Å²) in [5.41, 5.74) is 6.14. The number of aliphatic carboxylic acids is 1. The van der Waals surface area contributed by atoms with Crippen molar-refractivity contribution in [3.8, 4) is 22.4 Å². The van der Waals surface area contributed by atoms with Gasteiger partial charge in [0.2, 0.25) is 5.91 Å². The van der Waals surface area contributed by atoms with Crippen LogP contribution in [0.1, 0.15) is 17.0 Å². The van der Waals surface area contributed by atoms with E-state index in [4.69, 9.17) is 4.98 Å². The van der Waals surface area contributed by atoms with Crippen molar-refractivity contribution in [2.75, 3.05) is 19.0 Å². The monoisotopic (exact) mass is 499 g/mol. The lowest BCUT2D eigenvalue weighted by Crippen LogP contribution is -2.33. The number of aromatic nitrogens is 1. The first kappa shape index (κ1) is 25.1. The summed E-state index contributed by atoms with van der Waals surface area (Å²) in [5.74, 6) is -1.91. The van der Waals surface area contributed by atoms with Crippen LogP contribution in [0.5, 0.6) is 0 Å². The molecule has 7 heteroatoms. The van der Waals surface area contributed by atoms with Crippen LogP contribution in [0.3, 0.4) is 0 Å². The maximum absolute atomic E-state index is 12.8. The van der Waals surface area contributed by atoms with Gasteiger partial charge in [0.1, 0.15) is 5.01 Å². The number of hydrogen-bond donors (Lipinski definition) is 2.